The Balaban J connectivity index is 1.91. The van der Waals surface area contributed by atoms with Gasteiger partial charge in [0.25, 0.3) is 0 Å². The summed E-state index contributed by atoms with van der Waals surface area (Å²) in [5, 5.41) is 0. The lowest BCUT2D eigenvalue weighted by Gasteiger charge is -2.35. The van der Waals surface area contributed by atoms with Crippen molar-refractivity contribution in [1.29, 1.82) is 0 Å². The maximum atomic E-state index is 5.07. The van der Waals surface area contributed by atoms with E-state index in [-0.39, 0.29) is 0 Å². The highest BCUT2D eigenvalue weighted by Gasteiger charge is 2.64. The minimum atomic E-state index is 0.343. The molecule has 4 rings (SSSR count). The first-order chi connectivity index (χ1) is 8.54. The Morgan fingerprint density at radius 2 is 1.94 bits per heavy atom. The van der Waals surface area contributed by atoms with E-state index in [0.29, 0.717) is 16.7 Å². The third-order valence-corrected chi connectivity index (χ3v) is 6.38. The van der Waals surface area contributed by atoms with Crippen molar-refractivity contribution < 1.29 is 0 Å². The molecule has 1 aromatic rings. The molecule has 2 aliphatic carbocycles. The summed E-state index contributed by atoms with van der Waals surface area (Å²) in [4.78, 5) is 5.07. The van der Waals surface area contributed by atoms with E-state index < -0.39 is 0 Å². The number of fused-ring (bicyclic) bond motifs is 6. The number of rotatable bonds is 0. The van der Waals surface area contributed by atoms with Crippen LogP contribution in [0.1, 0.15) is 39.2 Å². The molecule has 94 valence electrons. The van der Waals surface area contributed by atoms with Crippen LogP contribution >= 0.6 is 0 Å². The van der Waals surface area contributed by atoms with Crippen molar-refractivity contribution in [3.05, 3.63) is 29.8 Å². The number of aliphatic imine (C=N–C) groups is 1. The largest absolute Gasteiger partial charge is 0.257 e. The molecule has 18 heavy (non-hydrogen) atoms. The summed E-state index contributed by atoms with van der Waals surface area (Å²) in [6.07, 6.45) is 3.95. The quantitative estimate of drug-likeness (QED) is 0.637. The molecule has 3 unspecified atom stereocenters. The van der Waals surface area contributed by atoms with E-state index in [9.17, 15) is 0 Å². The summed E-state index contributed by atoms with van der Waals surface area (Å²) in [5.41, 5.74) is 4.97. The van der Waals surface area contributed by atoms with Crippen molar-refractivity contribution in [2.75, 3.05) is 0 Å². The fourth-order valence-electron chi connectivity index (χ4n) is 4.90. The maximum absolute atomic E-state index is 5.07. The molecule has 0 spiro atoms. The van der Waals surface area contributed by atoms with E-state index in [1.165, 1.54) is 36.2 Å². The Bertz CT molecular complexity index is 554. The van der Waals surface area contributed by atoms with Gasteiger partial charge in [-0.1, -0.05) is 39.0 Å². The molecule has 2 bridgehead atoms. The fourth-order valence-corrected chi connectivity index (χ4v) is 4.90. The lowest BCUT2D eigenvalue weighted by molar-refractivity contribution is 0.178. The topological polar surface area (TPSA) is 12.4 Å². The zero-order valence-corrected chi connectivity index (χ0v) is 11.5. The number of nitrogens with zero attached hydrogens (tertiary/aromatic N) is 1. The smallest absolute Gasteiger partial charge is 0.0661 e. The van der Waals surface area contributed by atoms with Gasteiger partial charge in [-0.2, -0.15) is 0 Å². The molecule has 0 aromatic heterocycles. The predicted molar refractivity (Wildman–Crippen MR) is 75.3 cm³/mol. The molecule has 1 aliphatic heterocycles. The molecule has 1 heterocycles. The molecule has 3 atom stereocenters. The molecule has 0 radical (unpaired) electrons. The Kier molecular flexibility index (Phi) is 1.84. The maximum Gasteiger partial charge on any atom is 0.0661 e. The third kappa shape index (κ3) is 1.03. The van der Waals surface area contributed by atoms with Gasteiger partial charge >= 0.3 is 0 Å². The van der Waals surface area contributed by atoms with Crippen LogP contribution in [0.3, 0.4) is 0 Å². The number of para-hydroxylation sites is 1. The van der Waals surface area contributed by atoms with Crippen molar-refractivity contribution >= 4 is 11.4 Å². The summed E-state index contributed by atoms with van der Waals surface area (Å²) in [7, 11) is 0. The molecule has 1 nitrogen and oxygen atoms in total. The van der Waals surface area contributed by atoms with E-state index in [1.54, 1.807) is 0 Å². The van der Waals surface area contributed by atoms with Crippen LogP contribution in [0.5, 0.6) is 0 Å². The van der Waals surface area contributed by atoms with E-state index in [2.05, 4.69) is 45.0 Å². The molecule has 2 saturated carbocycles. The zero-order valence-electron chi connectivity index (χ0n) is 11.5. The highest BCUT2D eigenvalue weighted by atomic mass is 14.9. The van der Waals surface area contributed by atoms with Crippen molar-refractivity contribution in [3.8, 4) is 0 Å². The van der Waals surface area contributed by atoms with Gasteiger partial charge in [0.05, 0.1) is 5.69 Å². The molecular formula is C17H21N. The third-order valence-electron chi connectivity index (χ3n) is 6.38. The Morgan fingerprint density at radius 1 is 1.17 bits per heavy atom. The summed E-state index contributed by atoms with van der Waals surface area (Å²) in [6.45, 7) is 7.39. The van der Waals surface area contributed by atoms with Crippen LogP contribution in [0, 0.1) is 22.7 Å². The van der Waals surface area contributed by atoms with Crippen LogP contribution < -0.4 is 0 Å². The SMILES string of the molecule is CC12CCC(C3Cc4ccccc4N=C31)C2(C)C. The van der Waals surface area contributed by atoms with Gasteiger partial charge in [-0.05, 0) is 42.2 Å². The number of benzene rings is 1. The molecule has 0 amide bonds. The minimum Gasteiger partial charge on any atom is -0.257 e. The predicted octanol–water partition coefficient (Wildman–Crippen LogP) is 4.39. The van der Waals surface area contributed by atoms with Crippen LogP contribution in [-0.4, -0.2) is 5.71 Å². The Labute approximate surface area is 109 Å². The second kappa shape index (κ2) is 3.07. The summed E-state index contributed by atoms with van der Waals surface area (Å²) in [6, 6.07) is 8.71. The van der Waals surface area contributed by atoms with Crippen molar-refractivity contribution in [2.24, 2.45) is 27.7 Å². The van der Waals surface area contributed by atoms with Crippen LogP contribution in [0.2, 0.25) is 0 Å². The molecule has 0 N–H and O–H groups in total. The first kappa shape index (κ1) is 10.8. The average molecular weight is 239 g/mol. The first-order valence-corrected chi connectivity index (χ1v) is 7.21. The normalized spacial score (nSPS) is 39.2. The van der Waals surface area contributed by atoms with Gasteiger partial charge in [0, 0.05) is 17.0 Å². The van der Waals surface area contributed by atoms with Gasteiger partial charge in [-0.25, -0.2) is 0 Å². The van der Waals surface area contributed by atoms with Crippen molar-refractivity contribution in [3.63, 3.8) is 0 Å². The molecule has 0 saturated heterocycles. The van der Waals surface area contributed by atoms with E-state index >= 15 is 0 Å². The molecule has 1 aromatic carbocycles. The average Bonchev–Trinajstić information content (AvgIpc) is 2.68. The monoisotopic (exact) mass is 239 g/mol. The lowest BCUT2D eigenvalue weighted by atomic mass is 9.70. The van der Waals surface area contributed by atoms with Gasteiger partial charge in [0.1, 0.15) is 0 Å². The van der Waals surface area contributed by atoms with Crippen LogP contribution in [-0.2, 0) is 6.42 Å². The first-order valence-electron chi connectivity index (χ1n) is 7.21. The fraction of sp³-hybridized carbons (Fsp3) is 0.588. The highest BCUT2D eigenvalue weighted by Crippen LogP contribution is 2.67. The van der Waals surface area contributed by atoms with Crippen LogP contribution in [0.25, 0.3) is 0 Å². The molecule has 1 heteroatoms. The van der Waals surface area contributed by atoms with E-state index in [0.717, 1.165) is 5.92 Å². The Morgan fingerprint density at radius 3 is 2.78 bits per heavy atom. The van der Waals surface area contributed by atoms with Gasteiger partial charge in [0.2, 0.25) is 0 Å². The zero-order chi connectivity index (χ0) is 12.5. The molecule has 3 aliphatic rings. The second-order valence-electron chi connectivity index (χ2n) is 7.14. The standard InChI is InChI=1S/C17H21N/c1-16(2)13-8-9-17(16,3)15-12(13)10-11-6-4-5-7-14(11)18-15/h4-7,12-13H,8-10H2,1-3H3. The summed E-state index contributed by atoms with van der Waals surface area (Å²) >= 11 is 0. The lowest BCUT2D eigenvalue weighted by Crippen LogP contribution is -2.35. The van der Waals surface area contributed by atoms with E-state index in [1.807, 2.05) is 0 Å². The Hall–Kier alpha value is -1.11. The highest BCUT2D eigenvalue weighted by molar-refractivity contribution is 5.99. The molecule has 2 fully saturated rings. The van der Waals surface area contributed by atoms with Gasteiger partial charge < -0.3 is 0 Å². The van der Waals surface area contributed by atoms with Crippen molar-refractivity contribution in [1.82, 2.24) is 0 Å². The number of hydrogen-bond donors (Lipinski definition) is 0. The molecular weight excluding hydrogens is 218 g/mol. The van der Waals surface area contributed by atoms with Crippen LogP contribution in [0.4, 0.5) is 5.69 Å². The number of hydrogen-bond acceptors (Lipinski definition) is 1. The van der Waals surface area contributed by atoms with Gasteiger partial charge in [0.15, 0.2) is 0 Å². The van der Waals surface area contributed by atoms with Crippen LogP contribution in [0.15, 0.2) is 29.3 Å². The summed E-state index contributed by atoms with van der Waals surface area (Å²) < 4.78 is 0. The second-order valence-corrected chi connectivity index (χ2v) is 7.14. The van der Waals surface area contributed by atoms with Crippen molar-refractivity contribution in [2.45, 2.75) is 40.0 Å². The minimum absolute atomic E-state index is 0.343. The van der Waals surface area contributed by atoms with Gasteiger partial charge in [-0.3, -0.25) is 4.99 Å². The van der Waals surface area contributed by atoms with Gasteiger partial charge in [-0.15, -0.1) is 0 Å². The summed E-state index contributed by atoms with van der Waals surface area (Å²) in [5.74, 6) is 1.56. The van der Waals surface area contributed by atoms with E-state index in [4.69, 9.17) is 4.99 Å².